The van der Waals surface area contributed by atoms with Gasteiger partial charge in [-0.3, -0.25) is 0 Å². The van der Waals surface area contributed by atoms with E-state index in [9.17, 15) is 31.6 Å². The van der Waals surface area contributed by atoms with Gasteiger partial charge in [-0.2, -0.15) is 31.6 Å². The molecule has 0 atom stereocenters. The first-order valence-electron chi connectivity index (χ1n) is 20.3. The molecule has 0 saturated carbocycles. The molecule has 0 saturated heterocycles. The Labute approximate surface area is 355 Å². The van der Waals surface area contributed by atoms with Crippen LogP contribution in [0, 0.1) is 11.3 Å². The Morgan fingerprint density at radius 1 is 0.403 bits per heavy atom. The van der Waals surface area contributed by atoms with Crippen LogP contribution in [0.15, 0.2) is 140 Å². The maximum absolute atomic E-state index is 14.3. The first kappa shape index (κ1) is 40.6. The number of halogens is 6. The molecule has 0 aliphatic rings. The highest BCUT2D eigenvalue weighted by Gasteiger charge is 2.37. The van der Waals surface area contributed by atoms with E-state index in [1.807, 2.05) is 48.5 Å². The van der Waals surface area contributed by atoms with Crippen molar-refractivity contribution < 1.29 is 26.3 Å². The van der Waals surface area contributed by atoms with Gasteiger partial charge in [-0.05, 0) is 118 Å². The Hall–Kier alpha value is -6.79. The van der Waals surface area contributed by atoms with Crippen molar-refractivity contribution in [2.45, 2.75) is 64.7 Å². The van der Waals surface area contributed by atoms with Gasteiger partial charge >= 0.3 is 12.4 Å². The van der Waals surface area contributed by atoms with E-state index in [1.165, 1.54) is 0 Å². The van der Waals surface area contributed by atoms with E-state index in [4.69, 9.17) is 0 Å². The summed E-state index contributed by atoms with van der Waals surface area (Å²) in [4.78, 5) is 0. The number of hydrogen-bond acceptors (Lipinski definition) is 1. The highest BCUT2D eigenvalue weighted by atomic mass is 19.4. The molecule has 9 rings (SSSR count). The second kappa shape index (κ2) is 14.1. The number of nitriles is 1. The predicted octanol–water partition coefficient (Wildman–Crippen LogP) is 15.7. The molecule has 0 radical (unpaired) electrons. The summed E-state index contributed by atoms with van der Waals surface area (Å²) < 4.78 is 89.9. The van der Waals surface area contributed by atoms with E-state index in [1.54, 1.807) is 30.3 Å². The zero-order valence-electron chi connectivity index (χ0n) is 34.9. The van der Waals surface area contributed by atoms with Gasteiger partial charge in [0.25, 0.3) is 0 Å². The number of rotatable bonds is 4. The third-order valence-electron chi connectivity index (χ3n) is 11.9. The van der Waals surface area contributed by atoms with Crippen molar-refractivity contribution in [3.05, 3.63) is 167 Å². The summed E-state index contributed by atoms with van der Waals surface area (Å²) in [6, 6.07) is 42.9. The largest absolute Gasteiger partial charge is 0.416 e. The van der Waals surface area contributed by atoms with Crippen molar-refractivity contribution in [1.82, 2.24) is 9.13 Å². The standard InChI is InChI=1S/C53H41F6N3/c1-50(2,3)34-17-21-48-42(28-34)38-11-7-9-13-44(38)61(48)46-19-15-31(30-60)23-40(46)41-26-32(33-24-36(52(54,55)56)27-37(25-33)53(57,58)59)16-20-47(41)62-45-14-10-8-12-39(45)43-29-35(51(4,5)6)18-22-49(43)62/h7-29H,1-6H3. The van der Waals surface area contributed by atoms with E-state index < -0.39 is 23.5 Å². The molecule has 0 unspecified atom stereocenters. The van der Waals surface area contributed by atoms with E-state index in [0.717, 1.165) is 66.9 Å². The normalized spacial score (nSPS) is 12.8. The van der Waals surface area contributed by atoms with E-state index >= 15 is 0 Å². The molecule has 3 nitrogen and oxygen atoms in total. The molecule has 0 spiro atoms. The van der Waals surface area contributed by atoms with Crippen LogP contribution in [0.25, 0.3) is 77.2 Å². The molecule has 62 heavy (non-hydrogen) atoms. The molecule has 0 fully saturated rings. The molecule has 9 aromatic rings. The van der Waals surface area contributed by atoms with Gasteiger partial charge in [-0.25, -0.2) is 0 Å². The Morgan fingerprint density at radius 3 is 1.29 bits per heavy atom. The first-order chi connectivity index (χ1) is 29.2. The van der Waals surface area contributed by atoms with Gasteiger partial charge in [0.2, 0.25) is 0 Å². The summed E-state index contributed by atoms with van der Waals surface area (Å²) in [5.41, 5.74) is 5.21. The lowest BCUT2D eigenvalue weighted by atomic mass is 9.86. The maximum Gasteiger partial charge on any atom is 0.416 e. The smallest absolute Gasteiger partial charge is 0.309 e. The Kier molecular flexibility index (Phi) is 9.26. The number of nitrogens with zero attached hydrogens (tertiary/aromatic N) is 3. The fourth-order valence-electron chi connectivity index (χ4n) is 8.66. The van der Waals surface area contributed by atoms with E-state index in [2.05, 4.69) is 99.2 Å². The SMILES string of the molecule is CC(C)(C)c1ccc2c(c1)c1ccccc1n2-c1ccc(C#N)cc1-c1cc(-c2cc(C(F)(F)F)cc(C(F)(F)F)c2)ccc1-n1c2ccccc2c2cc(C(C)(C)C)ccc21. The number of alkyl halides is 6. The molecule has 7 aromatic carbocycles. The Balaban J connectivity index is 1.42. The average molecular weight is 834 g/mol. The molecule has 0 aliphatic heterocycles. The summed E-state index contributed by atoms with van der Waals surface area (Å²) in [6.45, 7) is 12.9. The van der Waals surface area contributed by atoms with Crippen molar-refractivity contribution in [3.8, 4) is 39.7 Å². The Bertz CT molecular complexity index is 3270. The highest BCUT2D eigenvalue weighted by molar-refractivity contribution is 6.12. The second-order valence-corrected chi connectivity index (χ2v) is 18.0. The van der Waals surface area contributed by atoms with Crippen LogP contribution in [0.5, 0.6) is 0 Å². The first-order valence-corrected chi connectivity index (χ1v) is 20.3. The van der Waals surface area contributed by atoms with Crippen molar-refractivity contribution in [2.75, 3.05) is 0 Å². The minimum Gasteiger partial charge on any atom is -0.309 e. The molecular weight excluding hydrogens is 793 g/mol. The van der Waals surface area contributed by atoms with Gasteiger partial charge < -0.3 is 9.13 Å². The van der Waals surface area contributed by atoms with Gasteiger partial charge in [0.15, 0.2) is 0 Å². The minimum absolute atomic E-state index is 0.140. The van der Waals surface area contributed by atoms with Crippen LogP contribution >= 0.6 is 0 Å². The van der Waals surface area contributed by atoms with Crippen LogP contribution in [0.2, 0.25) is 0 Å². The van der Waals surface area contributed by atoms with Crippen LogP contribution in [0.3, 0.4) is 0 Å². The van der Waals surface area contributed by atoms with Gasteiger partial charge in [0.05, 0.1) is 56.2 Å². The van der Waals surface area contributed by atoms with Gasteiger partial charge in [0.1, 0.15) is 0 Å². The third-order valence-corrected chi connectivity index (χ3v) is 11.9. The topological polar surface area (TPSA) is 33.6 Å². The van der Waals surface area contributed by atoms with Crippen LogP contribution in [-0.4, -0.2) is 9.13 Å². The summed E-state index contributed by atoms with van der Waals surface area (Å²) >= 11 is 0. The molecule has 0 aliphatic carbocycles. The van der Waals surface area contributed by atoms with Crippen LogP contribution in [0.4, 0.5) is 26.3 Å². The van der Waals surface area contributed by atoms with Crippen molar-refractivity contribution in [2.24, 2.45) is 0 Å². The maximum atomic E-state index is 14.3. The fourth-order valence-corrected chi connectivity index (χ4v) is 8.66. The summed E-state index contributed by atoms with van der Waals surface area (Å²) in [5, 5.41) is 14.3. The number of hydrogen-bond donors (Lipinski definition) is 0. The zero-order chi connectivity index (χ0) is 44.1. The summed E-state index contributed by atoms with van der Waals surface area (Å²) in [5.74, 6) is 0. The number of fused-ring (bicyclic) bond motifs is 6. The number of benzene rings is 7. The monoisotopic (exact) mass is 833 g/mol. The quantitative estimate of drug-likeness (QED) is 0.163. The minimum atomic E-state index is -5.04. The average Bonchev–Trinajstić information content (AvgIpc) is 3.74. The fraction of sp³-hybridized carbons (Fsp3) is 0.189. The zero-order valence-corrected chi connectivity index (χ0v) is 34.9. The lowest BCUT2D eigenvalue weighted by molar-refractivity contribution is -0.143. The molecule has 0 amide bonds. The third kappa shape index (κ3) is 6.88. The summed E-state index contributed by atoms with van der Waals surface area (Å²) in [6.07, 6.45) is -10.1. The molecule has 0 bridgehead atoms. The molecular formula is C53H41F6N3. The lowest BCUT2D eigenvalue weighted by Crippen LogP contribution is -2.11. The van der Waals surface area contributed by atoms with Gasteiger partial charge in [-0.15, -0.1) is 0 Å². The molecule has 2 aromatic heterocycles. The predicted molar refractivity (Wildman–Crippen MR) is 238 cm³/mol. The van der Waals surface area contributed by atoms with Crippen LogP contribution < -0.4 is 0 Å². The highest BCUT2D eigenvalue weighted by Crippen LogP contribution is 2.45. The van der Waals surface area contributed by atoms with Gasteiger partial charge in [-0.1, -0.05) is 96.1 Å². The molecule has 9 heteroatoms. The van der Waals surface area contributed by atoms with Crippen molar-refractivity contribution in [3.63, 3.8) is 0 Å². The second-order valence-electron chi connectivity index (χ2n) is 18.0. The summed E-state index contributed by atoms with van der Waals surface area (Å²) in [7, 11) is 0. The number of aromatic nitrogens is 2. The van der Waals surface area contributed by atoms with E-state index in [0.29, 0.717) is 28.1 Å². The molecule has 310 valence electrons. The van der Waals surface area contributed by atoms with Crippen LogP contribution in [0.1, 0.15) is 69.4 Å². The van der Waals surface area contributed by atoms with Gasteiger partial charge in [0, 0.05) is 32.7 Å². The molecule has 0 N–H and O–H groups in total. The van der Waals surface area contributed by atoms with E-state index in [-0.39, 0.29) is 28.0 Å². The van der Waals surface area contributed by atoms with Crippen molar-refractivity contribution in [1.29, 1.82) is 5.26 Å². The lowest BCUT2D eigenvalue weighted by Gasteiger charge is -2.22. The number of para-hydroxylation sites is 2. The Morgan fingerprint density at radius 2 is 0.839 bits per heavy atom. The molecule has 2 heterocycles. The van der Waals surface area contributed by atoms with Crippen LogP contribution in [-0.2, 0) is 23.2 Å². The van der Waals surface area contributed by atoms with Crippen molar-refractivity contribution >= 4 is 43.6 Å².